The van der Waals surface area contributed by atoms with Gasteiger partial charge in [0.2, 0.25) is 0 Å². The molecular formula is C14H9NO3S. The number of thiophene rings is 1. The van der Waals surface area contributed by atoms with Gasteiger partial charge in [-0.1, -0.05) is 18.2 Å². The maximum absolute atomic E-state index is 12.0. The van der Waals surface area contributed by atoms with Gasteiger partial charge < -0.3 is 10.2 Å². The molecule has 5 heteroatoms. The molecule has 0 saturated heterocycles. The van der Waals surface area contributed by atoms with Crippen LogP contribution in [0.25, 0.3) is 21.4 Å². The molecule has 19 heavy (non-hydrogen) atoms. The Kier molecular flexibility index (Phi) is 2.68. The monoisotopic (exact) mass is 271 g/mol. The molecule has 0 bridgehead atoms. The van der Waals surface area contributed by atoms with Gasteiger partial charge in [0.1, 0.15) is 0 Å². The summed E-state index contributed by atoms with van der Waals surface area (Å²) in [5.74, 6) is -0.613. The summed E-state index contributed by atoms with van der Waals surface area (Å²) in [5.41, 5.74) is 5.74. The molecule has 0 fully saturated rings. The van der Waals surface area contributed by atoms with Crippen molar-refractivity contribution in [2.24, 2.45) is 5.73 Å². The number of rotatable bonds is 2. The van der Waals surface area contributed by atoms with E-state index >= 15 is 0 Å². The number of para-hydroxylation sites is 1. The molecule has 0 unspecified atom stereocenters. The first-order chi connectivity index (χ1) is 9.16. The zero-order valence-electron chi connectivity index (χ0n) is 9.75. The molecule has 0 aliphatic rings. The van der Waals surface area contributed by atoms with E-state index in [-0.39, 0.29) is 11.1 Å². The molecule has 3 rings (SSSR count). The Morgan fingerprint density at radius 2 is 2.05 bits per heavy atom. The Labute approximate surface area is 112 Å². The van der Waals surface area contributed by atoms with E-state index in [1.807, 2.05) is 17.5 Å². The minimum atomic E-state index is -0.613. The molecule has 0 aliphatic carbocycles. The highest BCUT2D eigenvalue weighted by Crippen LogP contribution is 2.26. The smallest absolute Gasteiger partial charge is 0.345 e. The number of carbonyl (C=O) groups excluding carboxylic acids is 1. The van der Waals surface area contributed by atoms with E-state index in [2.05, 4.69) is 0 Å². The van der Waals surface area contributed by atoms with Gasteiger partial charge in [-0.3, -0.25) is 4.79 Å². The van der Waals surface area contributed by atoms with Gasteiger partial charge in [-0.15, -0.1) is 11.3 Å². The Morgan fingerprint density at radius 3 is 2.74 bits per heavy atom. The minimum Gasteiger partial charge on any atom is -0.421 e. The van der Waals surface area contributed by atoms with Crippen LogP contribution in [-0.4, -0.2) is 5.91 Å². The van der Waals surface area contributed by atoms with Crippen molar-refractivity contribution in [1.82, 2.24) is 0 Å². The predicted molar refractivity (Wildman–Crippen MR) is 74.3 cm³/mol. The number of hydrogen-bond donors (Lipinski definition) is 1. The number of fused-ring (bicyclic) bond motifs is 1. The third-order valence-electron chi connectivity index (χ3n) is 2.81. The fourth-order valence-corrected chi connectivity index (χ4v) is 2.67. The largest absolute Gasteiger partial charge is 0.421 e. The maximum Gasteiger partial charge on any atom is 0.345 e. The van der Waals surface area contributed by atoms with E-state index in [1.54, 1.807) is 24.3 Å². The predicted octanol–water partition coefficient (Wildman–Crippen LogP) is 2.62. The van der Waals surface area contributed by atoms with Gasteiger partial charge >= 0.3 is 5.63 Å². The van der Waals surface area contributed by atoms with Crippen molar-refractivity contribution < 1.29 is 9.21 Å². The number of primary amides is 1. The average Bonchev–Trinajstić information content (AvgIpc) is 2.90. The molecule has 0 atom stereocenters. The maximum atomic E-state index is 12.0. The Balaban J connectivity index is 2.34. The highest BCUT2D eigenvalue weighted by Gasteiger charge is 2.13. The van der Waals surface area contributed by atoms with Crippen LogP contribution in [0.4, 0.5) is 0 Å². The lowest BCUT2D eigenvalue weighted by molar-refractivity contribution is 0.100. The molecular weight excluding hydrogens is 262 g/mol. The van der Waals surface area contributed by atoms with Crippen LogP contribution in [0.5, 0.6) is 0 Å². The number of nitrogens with two attached hydrogens (primary N) is 1. The van der Waals surface area contributed by atoms with Crippen molar-refractivity contribution in [3.63, 3.8) is 0 Å². The Morgan fingerprint density at radius 1 is 1.21 bits per heavy atom. The molecule has 3 aromatic rings. The van der Waals surface area contributed by atoms with Gasteiger partial charge in [0.25, 0.3) is 5.91 Å². The van der Waals surface area contributed by atoms with Gasteiger partial charge in [0, 0.05) is 10.3 Å². The molecule has 2 heterocycles. The summed E-state index contributed by atoms with van der Waals surface area (Å²) in [6.07, 6.45) is 0. The van der Waals surface area contributed by atoms with E-state index < -0.39 is 11.5 Å². The van der Waals surface area contributed by atoms with E-state index in [1.165, 1.54) is 11.3 Å². The molecule has 0 radical (unpaired) electrons. The SMILES string of the molecule is NC(=O)c1cccc2cc(-c3cccs3)c(=O)oc12. The fourth-order valence-electron chi connectivity index (χ4n) is 1.94. The summed E-state index contributed by atoms with van der Waals surface area (Å²) < 4.78 is 5.26. The molecule has 1 amide bonds. The van der Waals surface area contributed by atoms with E-state index in [0.29, 0.717) is 10.9 Å². The molecule has 2 N–H and O–H groups in total. The molecule has 94 valence electrons. The summed E-state index contributed by atoms with van der Waals surface area (Å²) >= 11 is 1.46. The molecule has 4 nitrogen and oxygen atoms in total. The average molecular weight is 271 g/mol. The summed E-state index contributed by atoms with van der Waals surface area (Å²) in [7, 11) is 0. The third kappa shape index (κ3) is 1.94. The van der Waals surface area contributed by atoms with Crippen LogP contribution in [0, 0.1) is 0 Å². The standard InChI is InChI=1S/C14H9NO3S/c15-13(16)9-4-1-3-8-7-10(11-5-2-6-19-11)14(17)18-12(8)9/h1-7H,(H2,15,16). The van der Waals surface area contributed by atoms with Crippen molar-refractivity contribution in [3.8, 4) is 10.4 Å². The highest BCUT2D eigenvalue weighted by atomic mass is 32.1. The topological polar surface area (TPSA) is 73.3 Å². The first-order valence-corrected chi connectivity index (χ1v) is 6.45. The van der Waals surface area contributed by atoms with E-state index in [9.17, 15) is 9.59 Å². The first-order valence-electron chi connectivity index (χ1n) is 5.57. The normalized spacial score (nSPS) is 10.7. The van der Waals surface area contributed by atoms with Crippen LogP contribution in [0.1, 0.15) is 10.4 Å². The van der Waals surface area contributed by atoms with Crippen molar-refractivity contribution in [1.29, 1.82) is 0 Å². The van der Waals surface area contributed by atoms with Crippen LogP contribution in [-0.2, 0) is 0 Å². The Hall–Kier alpha value is -2.40. The quantitative estimate of drug-likeness (QED) is 0.728. The van der Waals surface area contributed by atoms with Crippen molar-refractivity contribution in [2.45, 2.75) is 0 Å². The summed E-state index contributed by atoms with van der Waals surface area (Å²) in [4.78, 5) is 24.1. The van der Waals surface area contributed by atoms with E-state index in [0.717, 1.165) is 4.88 Å². The zero-order chi connectivity index (χ0) is 13.4. The zero-order valence-corrected chi connectivity index (χ0v) is 10.6. The highest BCUT2D eigenvalue weighted by molar-refractivity contribution is 7.13. The van der Waals surface area contributed by atoms with Crippen LogP contribution < -0.4 is 11.4 Å². The number of amides is 1. The second-order valence-electron chi connectivity index (χ2n) is 4.01. The van der Waals surface area contributed by atoms with E-state index in [4.69, 9.17) is 10.2 Å². The number of hydrogen-bond acceptors (Lipinski definition) is 4. The number of carbonyl (C=O) groups is 1. The molecule has 1 aromatic carbocycles. The fraction of sp³-hybridized carbons (Fsp3) is 0. The lowest BCUT2D eigenvalue weighted by Crippen LogP contribution is -2.12. The second-order valence-corrected chi connectivity index (χ2v) is 4.96. The third-order valence-corrected chi connectivity index (χ3v) is 3.72. The van der Waals surface area contributed by atoms with Crippen LogP contribution in [0.2, 0.25) is 0 Å². The number of benzene rings is 1. The molecule has 0 spiro atoms. The Bertz CT molecular complexity index is 818. The van der Waals surface area contributed by atoms with Crippen molar-refractivity contribution in [3.05, 3.63) is 57.8 Å². The van der Waals surface area contributed by atoms with Crippen LogP contribution >= 0.6 is 11.3 Å². The van der Waals surface area contributed by atoms with Crippen molar-refractivity contribution >= 4 is 28.2 Å². The second kappa shape index (κ2) is 4.37. The summed E-state index contributed by atoms with van der Waals surface area (Å²) in [6, 6.07) is 10.5. The van der Waals surface area contributed by atoms with Gasteiger partial charge in [-0.2, -0.15) is 0 Å². The summed E-state index contributed by atoms with van der Waals surface area (Å²) in [6.45, 7) is 0. The lowest BCUT2D eigenvalue weighted by Gasteiger charge is -2.03. The molecule has 0 aliphatic heterocycles. The van der Waals surface area contributed by atoms with Gasteiger partial charge in [0.05, 0.1) is 11.1 Å². The molecule has 0 saturated carbocycles. The van der Waals surface area contributed by atoms with Crippen molar-refractivity contribution in [2.75, 3.05) is 0 Å². The van der Waals surface area contributed by atoms with Gasteiger partial charge in [-0.25, -0.2) is 4.79 Å². The van der Waals surface area contributed by atoms with Crippen LogP contribution in [0.3, 0.4) is 0 Å². The minimum absolute atomic E-state index is 0.215. The lowest BCUT2D eigenvalue weighted by atomic mass is 10.1. The van der Waals surface area contributed by atoms with Gasteiger partial charge in [-0.05, 0) is 23.6 Å². The summed E-state index contributed by atoms with van der Waals surface area (Å²) in [5, 5.41) is 2.57. The van der Waals surface area contributed by atoms with Gasteiger partial charge in [0.15, 0.2) is 5.58 Å². The molecule has 2 aromatic heterocycles. The van der Waals surface area contributed by atoms with Crippen LogP contribution in [0.15, 0.2) is 51.0 Å². The first kappa shape index (κ1) is 11.7.